The Kier molecular flexibility index (Phi) is 4.75. The molecule has 1 aromatic carbocycles. The molecular formula is C21H21N5O2S. The van der Waals surface area contributed by atoms with Crippen LogP contribution in [0.4, 0.5) is 10.5 Å². The van der Waals surface area contributed by atoms with Crippen LogP contribution in [-0.4, -0.2) is 46.2 Å². The number of aromatic nitrogens is 2. The molecule has 2 bridgehead atoms. The zero-order chi connectivity index (χ0) is 19.8. The van der Waals surface area contributed by atoms with Crippen molar-refractivity contribution in [3.8, 4) is 21.1 Å². The predicted molar refractivity (Wildman–Crippen MR) is 113 cm³/mol. The number of hydrogen-bond donors (Lipinski definition) is 2. The zero-order valence-electron chi connectivity index (χ0n) is 15.7. The van der Waals surface area contributed by atoms with Crippen molar-refractivity contribution >= 4 is 23.1 Å². The molecule has 0 radical (unpaired) electrons. The third kappa shape index (κ3) is 3.74. The van der Waals surface area contributed by atoms with Crippen molar-refractivity contribution in [2.75, 3.05) is 18.5 Å². The molecule has 148 valence electrons. The second-order valence-electron chi connectivity index (χ2n) is 7.39. The van der Waals surface area contributed by atoms with E-state index in [2.05, 4.69) is 44.5 Å². The number of ether oxygens (including phenoxy) is 1. The van der Waals surface area contributed by atoms with Crippen molar-refractivity contribution in [2.45, 2.75) is 25.1 Å². The summed E-state index contributed by atoms with van der Waals surface area (Å²) in [5, 5.41) is 2.69. The van der Waals surface area contributed by atoms with Gasteiger partial charge >= 0.3 is 6.03 Å². The van der Waals surface area contributed by atoms with Crippen molar-refractivity contribution in [1.29, 1.82) is 0 Å². The number of nitrogens with zero attached hydrogens (tertiary/aromatic N) is 3. The summed E-state index contributed by atoms with van der Waals surface area (Å²) in [5.41, 5.74) is 8.34. The zero-order valence-corrected chi connectivity index (χ0v) is 16.6. The Morgan fingerprint density at radius 1 is 1.28 bits per heavy atom. The van der Waals surface area contributed by atoms with E-state index in [1.54, 1.807) is 18.5 Å². The molecular weight excluding hydrogens is 386 g/mol. The molecule has 0 unspecified atom stereocenters. The average Bonchev–Trinajstić information content (AvgIpc) is 3.45. The number of primary amides is 1. The van der Waals surface area contributed by atoms with Crippen molar-refractivity contribution in [1.82, 2.24) is 14.9 Å². The molecule has 2 amide bonds. The van der Waals surface area contributed by atoms with Gasteiger partial charge in [-0.2, -0.15) is 0 Å². The van der Waals surface area contributed by atoms with Crippen LogP contribution in [0.15, 0.2) is 48.8 Å². The second-order valence-corrected chi connectivity index (χ2v) is 8.44. The molecule has 2 aliphatic heterocycles. The number of benzene rings is 1. The molecule has 2 aromatic heterocycles. The fraction of sp³-hybridized carbons (Fsp3) is 0.286. The van der Waals surface area contributed by atoms with Crippen LogP contribution in [0.1, 0.15) is 12.0 Å². The van der Waals surface area contributed by atoms with E-state index in [0.29, 0.717) is 23.7 Å². The van der Waals surface area contributed by atoms with E-state index in [9.17, 15) is 4.79 Å². The Labute approximate surface area is 172 Å². The van der Waals surface area contributed by atoms with Crippen LogP contribution in [0.2, 0.25) is 0 Å². The minimum Gasteiger partial charge on any atom is -0.375 e. The summed E-state index contributed by atoms with van der Waals surface area (Å²) in [6, 6.07) is 12.2. The van der Waals surface area contributed by atoms with Gasteiger partial charge in [-0.15, -0.1) is 11.3 Å². The molecule has 7 nitrogen and oxygen atoms in total. The van der Waals surface area contributed by atoms with E-state index in [1.807, 2.05) is 6.07 Å². The SMILES string of the molecule is NC(=O)Nc1cc(-c2ccc(CN3C[C@H]4C[C@@H]3CO4)cc2)sc1-c1ncccn1. The summed E-state index contributed by atoms with van der Waals surface area (Å²) in [4.78, 5) is 24.4. The van der Waals surface area contributed by atoms with E-state index in [1.165, 1.54) is 16.9 Å². The number of hydrogen-bond acceptors (Lipinski definition) is 6. The Morgan fingerprint density at radius 3 is 2.72 bits per heavy atom. The molecule has 3 N–H and O–H groups in total. The number of urea groups is 1. The van der Waals surface area contributed by atoms with Gasteiger partial charge in [-0.1, -0.05) is 24.3 Å². The van der Waals surface area contributed by atoms with Gasteiger partial charge < -0.3 is 15.8 Å². The fourth-order valence-electron chi connectivity index (χ4n) is 4.02. The maximum Gasteiger partial charge on any atom is 0.316 e. The van der Waals surface area contributed by atoms with Crippen LogP contribution in [0.3, 0.4) is 0 Å². The summed E-state index contributed by atoms with van der Waals surface area (Å²) in [7, 11) is 0. The van der Waals surface area contributed by atoms with Gasteiger partial charge in [0.05, 0.1) is 23.3 Å². The average molecular weight is 407 g/mol. The highest BCUT2D eigenvalue weighted by Crippen LogP contribution is 2.40. The molecule has 2 saturated heterocycles. The molecule has 0 aliphatic carbocycles. The number of nitrogens with two attached hydrogens (primary N) is 1. The number of amides is 2. The van der Waals surface area contributed by atoms with E-state index in [0.717, 1.165) is 41.4 Å². The molecule has 2 fully saturated rings. The van der Waals surface area contributed by atoms with Crippen LogP contribution in [0.25, 0.3) is 21.1 Å². The lowest BCUT2D eigenvalue weighted by atomic mass is 10.1. The Morgan fingerprint density at radius 2 is 2.07 bits per heavy atom. The Bertz CT molecular complexity index is 1020. The molecule has 8 heteroatoms. The highest BCUT2D eigenvalue weighted by molar-refractivity contribution is 7.19. The van der Waals surface area contributed by atoms with E-state index >= 15 is 0 Å². The van der Waals surface area contributed by atoms with Gasteiger partial charge in [0, 0.05) is 36.4 Å². The van der Waals surface area contributed by atoms with Gasteiger partial charge in [0.2, 0.25) is 0 Å². The first-order valence-electron chi connectivity index (χ1n) is 9.58. The molecule has 4 heterocycles. The largest absolute Gasteiger partial charge is 0.375 e. The molecule has 3 aromatic rings. The van der Waals surface area contributed by atoms with Crippen molar-refractivity contribution < 1.29 is 9.53 Å². The number of fused-ring (bicyclic) bond motifs is 2. The maximum atomic E-state index is 11.4. The lowest BCUT2D eigenvalue weighted by Crippen LogP contribution is -2.36. The third-order valence-corrected chi connectivity index (χ3v) is 6.58. The molecule has 29 heavy (non-hydrogen) atoms. The third-order valence-electron chi connectivity index (χ3n) is 5.40. The number of carbonyl (C=O) groups is 1. The quantitative estimate of drug-likeness (QED) is 0.677. The minimum absolute atomic E-state index is 0.417. The number of carbonyl (C=O) groups excluding carboxylic acids is 1. The Hall–Kier alpha value is -2.81. The number of rotatable bonds is 5. The fourth-order valence-corrected chi connectivity index (χ4v) is 5.09. The lowest BCUT2D eigenvalue weighted by Gasteiger charge is -2.26. The predicted octanol–water partition coefficient (Wildman–Crippen LogP) is 3.34. The molecule has 0 saturated carbocycles. The van der Waals surface area contributed by atoms with E-state index < -0.39 is 6.03 Å². The van der Waals surface area contributed by atoms with E-state index in [-0.39, 0.29) is 0 Å². The van der Waals surface area contributed by atoms with Crippen molar-refractivity contribution in [2.24, 2.45) is 5.73 Å². The van der Waals surface area contributed by atoms with Gasteiger partial charge in [0.15, 0.2) is 5.82 Å². The van der Waals surface area contributed by atoms with Gasteiger partial charge in [0.25, 0.3) is 0 Å². The van der Waals surface area contributed by atoms with Crippen molar-refractivity contribution in [3.05, 3.63) is 54.4 Å². The lowest BCUT2D eigenvalue weighted by molar-refractivity contribution is 0.0273. The highest BCUT2D eigenvalue weighted by Gasteiger charge is 2.38. The van der Waals surface area contributed by atoms with Crippen LogP contribution in [-0.2, 0) is 11.3 Å². The summed E-state index contributed by atoms with van der Waals surface area (Å²) in [6.07, 6.45) is 4.94. The number of anilines is 1. The second kappa shape index (κ2) is 7.55. The van der Waals surface area contributed by atoms with Gasteiger partial charge in [-0.05, 0) is 29.7 Å². The summed E-state index contributed by atoms with van der Waals surface area (Å²) < 4.78 is 5.68. The monoisotopic (exact) mass is 407 g/mol. The standard InChI is InChI=1S/C21H21N5O2S/c22-21(27)25-17-9-18(29-19(17)20-23-6-1-7-24-20)14-4-2-13(3-5-14)10-26-11-16-8-15(26)12-28-16/h1-7,9,15-16H,8,10-12H2,(H3,22,25,27)/t15-,16-/m1/s1. The summed E-state index contributed by atoms with van der Waals surface area (Å²) in [5.74, 6) is 0.565. The molecule has 5 rings (SSSR count). The maximum absolute atomic E-state index is 11.4. The van der Waals surface area contributed by atoms with Crippen molar-refractivity contribution in [3.63, 3.8) is 0 Å². The van der Waals surface area contributed by atoms with Gasteiger partial charge in [-0.3, -0.25) is 4.90 Å². The number of likely N-dealkylation sites (tertiary alicyclic amines) is 1. The van der Waals surface area contributed by atoms with Crippen LogP contribution < -0.4 is 11.1 Å². The Balaban J connectivity index is 1.39. The summed E-state index contributed by atoms with van der Waals surface area (Å²) in [6.45, 7) is 2.84. The molecule has 2 aliphatic rings. The van der Waals surface area contributed by atoms with Gasteiger partial charge in [-0.25, -0.2) is 14.8 Å². The van der Waals surface area contributed by atoms with Crippen LogP contribution in [0, 0.1) is 0 Å². The first kappa shape index (κ1) is 18.2. The normalized spacial score (nSPS) is 20.8. The molecule has 2 atom stereocenters. The number of nitrogens with one attached hydrogen (secondary N) is 1. The van der Waals surface area contributed by atoms with Crippen LogP contribution in [0.5, 0.6) is 0 Å². The van der Waals surface area contributed by atoms with E-state index in [4.69, 9.17) is 10.5 Å². The topological polar surface area (TPSA) is 93.4 Å². The molecule has 0 spiro atoms. The van der Waals surface area contributed by atoms with Gasteiger partial charge in [0.1, 0.15) is 0 Å². The first-order chi connectivity index (χ1) is 14.2. The van der Waals surface area contributed by atoms with Crippen LogP contribution >= 0.6 is 11.3 Å². The smallest absolute Gasteiger partial charge is 0.316 e. The first-order valence-corrected chi connectivity index (χ1v) is 10.4. The summed E-state index contributed by atoms with van der Waals surface area (Å²) >= 11 is 1.53. The minimum atomic E-state index is -0.606. The number of thiophene rings is 1. The number of morpholine rings is 1. The highest BCUT2D eigenvalue weighted by atomic mass is 32.1.